The fraction of sp³-hybridized carbons (Fsp3) is 0.455. The molecule has 1 saturated heterocycles. The molecule has 2 nitrogen and oxygen atoms in total. The molecule has 0 bridgehead atoms. The first kappa shape index (κ1) is 13.1. The van der Waals surface area contributed by atoms with E-state index in [1.165, 1.54) is 0 Å². The van der Waals surface area contributed by atoms with Gasteiger partial charge in [-0.3, -0.25) is 0 Å². The van der Waals surface area contributed by atoms with E-state index in [1.54, 1.807) is 6.92 Å². The Morgan fingerprint density at radius 2 is 1.39 bits per heavy atom. The highest BCUT2D eigenvalue weighted by atomic mass is 19.2. The molecule has 1 N–H and O–H groups in total. The lowest BCUT2D eigenvalue weighted by atomic mass is 9.88. The Morgan fingerprint density at radius 3 is 1.78 bits per heavy atom. The van der Waals surface area contributed by atoms with E-state index in [4.69, 9.17) is 4.74 Å². The first-order valence-corrected chi connectivity index (χ1v) is 5.19. The summed E-state index contributed by atoms with van der Waals surface area (Å²) in [5.74, 6) is -9.77. The van der Waals surface area contributed by atoms with Gasteiger partial charge in [0.25, 0.3) is 0 Å². The summed E-state index contributed by atoms with van der Waals surface area (Å²) in [6.45, 7) is 2.58. The lowest BCUT2D eigenvalue weighted by Gasteiger charge is -2.38. The van der Waals surface area contributed by atoms with Gasteiger partial charge in [-0.1, -0.05) is 6.92 Å². The maximum absolute atomic E-state index is 13.3. The number of ether oxygens (including phenoxy) is 1. The predicted octanol–water partition coefficient (Wildman–Crippen LogP) is 2.83. The first-order valence-electron chi connectivity index (χ1n) is 5.19. The van der Waals surface area contributed by atoms with Gasteiger partial charge in [0.15, 0.2) is 23.3 Å². The molecule has 0 radical (unpaired) electrons. The van der Waals surface area contributed by atoms with Crippen molar-refractivity contribution in [3.63, 3.8) is 0 Å². The van der Waals surface area contributed by atoms with Gasteiger partial charge < -0.3 is 10.1 Å². The largest absolute Gasteiger partial charge is 0.380 e. The molecule has 0 aliphatic carbocycles. The molecule has 100 valence electrons. The number of benzene rings is 1. The van der Waals surface area contributed by atoms with Crippen LogP contribution in [0.2, 0.25) is 0 Å². The fourth-order valence-electron chi connectivity index (χ4n) is 1.61. The molecule has 7 heteroatoms. The van der Waals surface area contributed by atoms with Crippen LogP contribution in [0.4, 0.5) is 27.6 Å². The smallest absolute Gasteiger partial charge is 0.200 e. The molecule has 0 aromatic heterocycles. The van der Waals surface area contributed by atoms with E-state index in [1.807, 2.05) is 0 Å². The van der Waals surface area contributed by atoms with Crippen LogP contribution in [-0.4, -0.2) is 19.8 Å². The second-order valence-corrected chi connectivity index (χ2v) is 4.60. The van der Waals surface area contributed by atoms with Crippen LogP contribution in [0, 0.1) is 34.5 Å². The lowest BCUT2D eigenvalue weighted by Crippen LogP contribution is -2.45. The average Bonchev–Trinajstić information content (AvgIpc) is 2.31. The Balaban J connectivity index is 2.27. The number of anilines is 1. The van der Waals surface area contributed by atoms with Crippen molar-refractivity contribution in [1.82, 2.24) is 0 Å². The molecule has 0 spiro atoms. The van der Waals surface area contributed by atoms with Crippen LogP contribution in [0.1, 0.15) is 6.92 Å². The van der Waals surface area contributed by atoms with Gasteiger partial charge in [-0.15, -0.1) is 0 Å². The summed E-state index contributed by atoms with van der Waals surface area (Å²) < 4.78 is 70.0. The van der Waals surface area contributed by atoms with E-state index in [-0.39, 0.29) is 12.0 Å². The van der Waals surface area contributed by atoms with Gasteiger partial charge in [-0.05, 0) is 0 Å². The van der Waals surface area contributed by atoms with Gasteiger partial charge in [0, 0.05) is 12.0 Å². The molecule has 1 fully saturated rings. The number of hydrogen-bond acceptors (Lipinski definition) is 2. The zero-order chi connectivity index (χ0) is 13.5. The van der Waals surface area contributed by atoms with Crippen LogP contribution in [0.5, 0.6) is 0 Å². The highest BCUT2D eigenvalue weighted by Gasteiger charge is 2.34. The number of hydrogen-bond donors (Lipinski definition) is 1. The molecule has 0 saturated carbocycles. The van der Waals surface area contributed by atoms with Crippen molar-refractivity contribution in [2.75, 3.05) is 25.1 Å². The lowest BCUT2D eigenvalue weighted by molar-refractivity contribution is -0.0925. The standard InChI is InChI=1S/C11H10F5NO/c1-11(3-18-4-11)2-17-10-8(15)6(13)5(12)7(14)9(10)16/h17H,2-4H2,1H3. The Hall–Kier alpha value is -1.37. The summed E-state index contributed by atoms with van der Waals surface area (Å²) in [6.07, 6.45) is 0. The second kappa shape index (κ2) is 4.38. The first-order chi connectivity index (χ1) is 8.36. The zero-order valence-corrected chi connectivity index (χ0v) is 9.42. The van der Waals surface area contributed by atoms with Crippen LogP contribution < -0.4 is 5.32 Å². The van der Waals surface area contributed by atoms with Gasteiger partial charge in [0.05, 0.1) is 13.2 Å². The van der Waals surface area contributed by atoms with Crippen molar-refractivity contribution < 1.29 is 26.7 Å². The molecule has 18 heavy (non-hydrogen) atoms. The van der Waals surface area contributed by atoms with Gasteiger partial charge in [-0.25, -0.2) is 22.0 Å². The van der Waals surface area contributed by atoms with Gasteiger partial charge in [0.2, 0.25) is 5.82 Å². The van der Waals surface area contributed by atoms with Crippen molar-refractivity contribution in [2.24, 2.45) is 5.41 Å². The van der Waals surface area contributed by atoms with E-state index >= 15 is 0 Å². The second-order valence-electron chi connectivity index (χ2n) is 4.60. The summed E-state index contributed by atoms with van der Waals surface area (Å²) >= 11 is 0. The van der Waals surface area contributed by atoms with Crippen LogP contribution in [0.15, 0.2) is 0 Å². The van der Waals surface area contributed by atoms with E-state index in [2.05, 4.69) is 5.32 Å². The summed E-state index contributed by atoms with van der Waals surface area (Å²) in [5.41, 5.74) is -1.36. The summed E-state index contributed by atoms with van der Waals surface area (Å²) in [6, 6.07) is 0. The highest BCUT2D eigenvalue weighted by molar-refractivity contribution is 5.48. The molecule has 2 rings (SSSR count). The minimum atomic E-state index is -2.16. The monoisotopic (exact) mass is 267 g/mol. The minimum absolute atomic E-state index is 0.0609. The molecule has 1 heterocycles. The number of nitrogens with one attached hydrogen (secondary N) is 1. The third-order valence-corrected chi connectivity index (χ3v) is 2.80. The Bertz CT molecular complexity index is 458. The molecule has 0 unspecified atom stereocenters. The van der Waals surface area contributed by atoms with E-state index < -0.39 is 34.8 Å². The minimum Gasteiger partial charge on any atom is -0.380 e. The third-order valence-electron chi connectivity index (χ3n) is 2.80. The van der Waals surface area contributed by atoms with Crippen molar-refractivity contribution in [3.8, 4) is 0 Å². The molecule has 1 aromatic carbocycles. The molecular weight excluding hydrogens is 257 g/mol. The van der Waals surface area contributed by atoms with Gasteiger partial charge in [-0.2, -0.15) is 0 Å². The van der Waals surface area contributed by atoms with Crippen molar-refractivity contribution >= 4 is 5.69 Å². The van der Waals surface area contributed by atoms with Crippen molar-refractivity contribution in [3.05, 3.63) is 29.1 Å². The van der Waals surface area contributed by atoms with Gasteiger partial charge in [0.1, 0.15) is 5.69 Å². The maximum Gasteiger partial charge on any atom is 0.200 e. The maximum atomic E-state index is 13.3. The third kappa shape index (κ3) is 2.03. The van der Waals surface area contributed by atoms with Crippen LogP contribution in [0.25, 0.3) is 0 Å². The van der Waals surface area contributed by atoms with Crippen molar-refractivity contribution in [2.45, 2.75) is 6.92 Å². The molecule has 1 aliphatic heterocycles. The highest BCUT2D eigenvalue weighted by Crippen LogP contribution is 2.30. The normalized spacial score (nSPS) is 17.4. The van der Waals surface area contributed by atoms with Crippen LogP contribution >= 0.6 is 0 Å². The molecular formula is C11H10F5NO. The molecule has 1 aromatic rings. The quantitative estimate of drug-likeness (QED) is 0.516. The Labute approximate surface area is 99.7 Å². The van der Waals surface area contributed by atoms with E-state index in [9.17, 15) is 22.0 Å². The number of halogens is 5. The van der Waals surface area contributed by atoms with Crippen LogP contribution in [0.3, 0.4) is 0 Å². The summed E-state index contributed by atoms with van der Waals surface area (Å²) in [7, 11) is 0. The molecule has 0 amide bonds. The summed E-state index contributed by atoms with van der Waals surface area (Å²) in [5, 5.41) is 2.26. The summed E-state index contributed by atoms with van der Waals surface area (Å²) in [4.78, 5) is 0. The van der Waals surface area contributed by atoms with Crippen LogP contribution in [-0.2, 0) is 4.74 Å². The fourth-order valence-corrected chi connectivity index (χ4v) is 1.61. The van der Waals surface area contributed by atoms with Gasteiger partial charge >= 0.3 is 0 Å². The SMILES string of the molecule is CC1(CNc2c(F)c(F)c(F)c(F)c2F)COC1. The Morgan fingerprint density at radius 1 is 0.944 bits per heavy atom. The zero-order valence-electron chi connectivity index (χ0n) is 9.42. The molecule has 0 atom stereocenters. The topological polar surface area (TPSA) is 21.3 Å². The average molecular weight is 267 g/mol. The van der Waals surface area contributed by atoms with E-state index in [0.29, 0.717) is 13.2 Å². The van der Waals surface area contributed by atoms with E-state index in [0.717, 1.165) is 0 Å². The Kier molecular flexibility index (Phi) is 3.18. The molecule has 1 aliphatic rings. The number of rotatable bonds is 3. The van der Waals surface area contributed by atoms with Crippen molar-refractivity contribution in [1.29, 1.82) is 0 Å². The predicted molar refractivity (Wildman–Crippen MR) is 53.6 cm³/mol.